The van der Waals surface area contributed by atoms with Crippen molar-refractivity contribution in [1.29, 1.82) is 0 Å². The van der Waals surface area contributed by atoms with Crippen molar-refractivity contribution in [3.8, 4) is 0 Å². The lowest BCUT2D eigenvalue weighted by atomic mass is 10.4. The Labute approximate surface area is 101 Å². The number of hydrogen-bond donors (Lipinski definition) is 0. The fourth-order valence-electron chi connectivity index (χ4n) is 2.48. The third-order valence-corrected chi connectivity index (χ3v) is 4.90. The Balaban J connectivity index is 1.77. The molecule has 0 atom stereocenters. The van der Waals surface area contributed by atoms with Crippen LogP contribution in [0.2, 0.25) is 0 Å². The van der Waals surface area contributed by atoms with Gasteiger partial charge in [-0.3, -0.25) is 0 Å². The lowest BCUT2D eigenvalue weighted by Crippen LogP contribution is -2.04. The van der Waals surface area contributed by atoms with E-state index in [2.05, 4.69) is 21.7 Å². The van der Waals surface area contributed by atoms with Gasteiger partial charge in [-0.25, -0.2) is 0 Å². The first-order valence-electron chi connectivity index (χ1n) is 6.48. The van der Waals surface area contributed by atoms with Crippen LogP contribution in [0.25, 0.3) is 0 Å². The highest BCUT2D eigenvalue weighted by atomic mass is 32.2. The summed E-state index contributed by atoms with van der Waals surface area (Å²) in [5, 5.41) is 10.7. The van der Waals surface area contributed by atoms with Gasteiger partial charge >= 0.3 is 0 Å². The molecular weight excluding hydrogens is 218 g/mol. The maximum Gasteiger partial charge on any atom is 0.191 e. The average Bonchev–Trinajstić information content (AvgIpc) is 2.87. The number of thioether (sulfide) groups is 1. The first kappa shape index (κ1) is 10.6. The van der Waals surface area contributed by atoms with Crippen LogP contribution < -0.4 is 0 Å². The minimum atomic E-state index is 0.713. The van der Waals surface area contributed by atoms with Crippen molar-refractivity contribution in [2.45, 2.75) is 68.3 Å². The van der Waals surface area contributed by atoms with Crippen LogP contribution in [0.3, 0.4) is 0 Å². The molecule has 0 aliphatic heterocycles. The predicted molar refractivity (Wildman–Crippen MR) is 65.8 cm³/mol. The molecule has 2 fully saturated rings. The highest BCUT2D eigenvalue weighted by Crippen LogP contribution is 2.41. The second kappa shape index (κ2) is 4.40. The summed E-state index contributed by atoms with van der Waals surface area (Å²) in [6.07, 6.45) is 8.14. The van der Waals surface area contributed by atoms with Crippen molar-refractivity contribution in [1.82, 2.24) is 14.8 Å². The summed E-state index contributed by atoms with van der Waals surface area (Å²) in [7, 11) is 0. The van der Waals surface area contributed by atoms with Gasteiger partial charge in [0.15, 0.2) is 5.16 Å². The summed E-state index contributed by atoms with van der Waals surface area (Å²) in [5.41, 5.74) is 0. The first-order valence-corrected chi connectivity index (χ1v) is 7.36. The summed E-state index contributed by atoms with van der Waals surface area (Å²) in [6.45, 7) is 3.22. The molecule has 0 saturated heterocycles. The number of rotatable bonds is 4. The summed E-state index contributed by atoms with van der Waals surface area (Å²) >= 11 is 1.96. The molecule has 0 spiro atoms. The average molecular weight is 237 g/mol. The molecule has 2 aliphatic carbocycles. The molecule has 88 valence electrons. The minimum absolute atomic E-state index is 0.713. The van der Waals surface area contributed by atoms with Gasteiger partial charge in [-0.1, -0.05) is 24.6 Å². The van der Waals surface area contributed by atoms with Crippen LogP contribution in [0.1, 0.15) is 57.2 Å². The highest BCUT2D eigenvalue weighted by molar-refractivity contribution is 7.99. The Morgan fingerprint density at radius 3 is 2.56 bits per heavy atom. The van der Waals surface area contributed by atoms with E-state index in [-0.39, 0.29) is 0 Å². The van der Waals surface area contributed by atoms with E-state index < -0.39 is 0 Å². The summed E-state index contributed by atoms with van der Waals surface area (Å²) in [4.78, 5) is 0. The monoisotopic (exact) mass is 237 g/mol. The number of aromatic nitrogens is 3. The van der Waals surface area contributed by atoms with E-state index in [0.717, 1.165) is 17.0 Å². The molecule has 0 unspecified atom stereocenters. The maximum absolute atomic E-state index is 4.39. The van der Waals surface area contributed by atoms with Crippen LogP contribution in [-0.2, 0) is 6.54 Å². The highest BCUT2D eigenvalue weighted by Gasteiger charge is 2.30. The third kappa shape index (κ3) is 1.99. The van der Waals surface area contributed by atoms with Crippen LogP contribution >= 0.6 is 11.8 Å². The van der Waals surface area contributed by atoms with Crippen molar-refractivity contribution < 1.29 is 0 Å². The Hall–Kier alpha value is -0.510. The molecular formula is C12H19N3S. The minimum Gasteiger partial charge on any atom is -0.306 e. The zero-order valence-electron chi connectivity index (χ0n) is 9.85. The van der Waals surface area contributed by atoms with E-state index in [1.165, 1.54) is 44.3 Å². The second-order valence-electron chi connectivity index (χ2n) is 4.88. The Bertz CT molecular complexity index is 364. The molecule has 2 saturated carbocycles. The largest absolute Gasteiger partial charge is 0.306 e. The van der Waals surface area contributed by atoms with Crippen LogP contribution in [0, 0.1) is 0 Å². The lowest BCUT2D eigenvalue weighted by Gasteiger charge is -2.10. The van der Waals surface area contributed by atoms with Gasteiger partial charge in [0.05, 0.1) is 0 Å². The standard InChI is InChI=1S/C12H19N3S/c1-2-15-11(9-7-8-9)13-14-12(15)16-10-5-3-4-6-10/h9-10H,2-8H2,1H3. The first-order chi connectivity index (χ1) is 7.88. The zero-order valence-corrected chi connectivity index (χ0v) is 10.7. The van der Waals surface area contributed by atoms with Crippen molar-refractivity contribution in [2.75, 3.05) is 0 Å². The van der Waals surface area contributed by atoms with Gasteiger partial charge in [-0.05, 0) is 32.6 Å². The van der Waals surface area contributed by atoms with E-state index in [0.29, 0.717) is 5.92 Å². The van der Waals surface area contributed by atoms with Gasteiger partial charge in [-0.2, -0.15) is 0 Å². The molecule has 1 aromatic rings. The van der Waals surface area contributed by atoms with E-state index in [9.17, 15) is 0 Å². The van der Waals surface area contributed by atoms with E-state index in [1.807, 2.05) is 11.8 Å². The number of hydrogen-bond acceptors (Lipinski definition) is 3. The van der Waals surface area contributed by atoms with Gasteiger partial charge in [0.1, 0.15) is 5.82 Å². The molecule has 16 heavy (non-hydrogen) atoms. The van der Waals surface area contributed by atoms with Crippen molar-refractivity contribution in [3.63, 3.8) is 0 Å². The Kier molecular flexibility index (Phi) is 2.92. The summed E-state index contributed by atoms with van der Waals surface area (Å²) in [6, 6.07) is 0. The molecule has 0 radical (unpaired) electrons. The molecule has 0 N–H and O–H groups in total. The molecule has 0 amide bonds. The maximum atomic E-state index is 4.39. The van der Waals surface area contributed by atoms with E-state index in [4.69, 9.17) is 0 Å². The van der Waals surface area contributed by atoms with E-state index in [1.54, 1.807) is 0 Å². The Morgan fingerprint density at radius 1 is 1.19 bits per heavy atom. The van der Waals surface area contributed by atoms with Gasteiger partial charge < -0.3 is 4.57 Å². The van der Waals surface area contributed by atoms with Gasteiger partial charge in [0.25, 0.3) is 0 Å². The predicted octanol–water partition coefficient (Wildman–Crippen LogP) is 3.21. The summed E-state index contributed by atoms with van der Waals surface area (Å²) < 4.78 is 2.33. The molecule has 0 aromatic carbocycles. The van der Waals surface area contributed by atoms with Crippen LogP contribution in [0.5, 0.6) is 0 Å². The molecule has 2 aliphatic rings. The SMILES string of the molecule is CCn1c(SC2CCCC2)nnc1C1CC1. The molecule has 3 rings (SSSR count). The van der Waals surface area contributed by atoms with E-state index >= 15 is 0 Å². The van der Waals surface area contributed by atoms with Crippen molar-refractivity contribution >= 4 is 11.8 Å². The van der Waals surface area contributed by atoms with Crippen LogP contribution in [0.15, 0.2) is 5.16 Å². The Morgan fingerprint density at radius 2 is 1.94 bits per heavy atom. The molecule has 0 bridgehead atoms. The molecule has 1 aromatic heterocycles. The molecule has 3 nitrogen and oxygen atoms in total. The fraction of sp³-hybridized carbons (Fsp3) is 0.833. The normalized spacial score (nSPS) is 21.8. The van der Waals surface area contributed by atoms with Gasteiger partial charge in [0, 0.05) is 17.7 Å². The smallest absolute Gasteiger partial charge is 0.191 e. The summed E-state index contributed by atoms with van der Waals surface area (Å²) in [5.74, 6) is 1.95. The molecule has 4 heteroatoms. The van der Waals surface area contributed by atoms with Crippen molar-refractivity contribution in [3.05, 3.63) is 5.82 Å². The van der Waals surface area contributed by atoms with Crippen LogP contribution in [-0.4, -0.2) is 20.0 Å². The third-order valence-electron chi connectivity index (χ3n) is 3.58. The topological polar surface area (TPSA) is 30.7 Å². The zero-order chi connectivity index (χ0) is 11.0. The lowest BCUT2D eigenvalue weighted by molar-refractivity contribution is 0.641. The van der Waals surface area contributed by atoms with Crippen LogP contribution in [0.4, 0.5) is 0 Å². The molecule has 1 heterocycles. The second-order valence-corrected chi connectivity index (χ2v) is 6.15. The van der Waals surface area contributed by atoms with Gasteiger partial charge in [-0.15, -0.1) is 10.2 Å². The van der Waals surface area contributed by atoms with Gasteiger partial charge in [0.2, 0.25) is 0 Å². The fourth-order valence-corrected chi connectivity index (χ4v) is 3.79. The quantitative estimate of drug-likeness (QED) is 0.805. The number of nitrogens with zero attached hydrogens (tertiary/aromatic N) is 3. The van der Waals surface area contributed by atoms with Crippen molar-refractivity contribution in [2.24, 2.45) is 0 Å².